The number of rotatable bonds is 6. The lowest BCUT2D eigenvalue weighted by atomic mass is 10.00. The molecule has 6 nitrogen and oxygen atoms in total. The van der Waals surface area contributed by atoms with E-state index >= 15 is 0 Å². The highest BCUT2D eigenvalue weighted by molar-refractivity contribution is 5.55. The first-order chi connectivity index (χ1) is 11.8. The summed E-state index contributed by atoms with van der Waals surface area (Å²) >= 11 is 0. The summed E-state index contributed by atoms with van der Waals surface area (Å²) in [5, 5.41) is 7.33. The quantitative estimate of drug-likeness (QED) is 0.849. The molecule has 0 radical (unpaired) electrons. The van der Waals surface area contributed by atoms with E-state index in [4.69, 9.17) is 15.2 Å². The molecule has 128 valence electrons. The van der Waals surface area contributed by atoms with Gasteiger partial charge in [0.15, 0.2) is 5.82 Å². The summed E-state index contributed by atoms with van der Waals surface area (Å²) in [5.41, 5.74) is 6.71. The lowest BCUT2D eigenvalue weighted by Crippen LogP contribution is -2.15. The Balaban J connectivity index is 1.64. The first-order valence-corrected chi connectivity index (χ1v) is 8.01. The summed E-state index contributed by atoms with van der Waals surface area (Å²) in [4.78, 5) is 4.60. The number of halogens is 1. The number of nitrogens with two attached hydrogens (primary N) is 1. The highest BCUT2D eigenvalue weighted by Gasteiger charge is 2.19. The van der Waals surface area contributed by atoms with E-state index in [2.05, 4.69) is 15.2 Å². The Hall–Kier alpha value is -2.25. The van der Waals surface area contributed by atoms with Gasteiger partial charge in [0.25, 0.3) is 0 Å². The predicted molar refractivity (Wildman–Crippen MR) is 88.4 cm³/mol. The van der Waals surface area contributed by atoms with Gasteiger partial charge in [-0.1, -0.05) is 0 Å². The van der Waals surface area contributed by atoms with Gasteiger partial charge in [0.1, 0.15) is 18.2 Å². The van der Waals surface area contributed by atoms with Gasteiger partial charge >= 0.3 is 0 Å². The normalized spacial score (nSPS) is 16.3. The molecule has 3 N–H and O–H groups in total. The van der Waals surface area contributed by atoms with Crippen molar-refractivity contribution < 1.29 is 13.9 Å². The maximum Gasteiger partial charge on any atom is 0.181 e. The Morgan fingerprint density at radius 2 is 2.08 bits per heavy atom. The van der Waals surface area contributed by atoms with Gasteiger partial charge in [-0.2, -0.15) is 5.10 Å². The van der Waals surface area contributed by atoms with Gasteiger partial charge in [-0.15, -0.1) is 0 Å². The molecule has 0 atom stereocenters. The molecule has 0 aliphatic carbocycles. The molecule has 2 aromatic rings. The van der Waals surface area contributed by atoms with Crippen molar-refractivity contribution in [2.45, 2.75) is 18.8 Å². The molecule has 0 spiro atoms. The maximum absolute atomic E-state index is 12.5. The van der Waals surface area contributed by atoms with Crippen molar-refractivity contribution in [1.29, 1.82) is 0 Å². The number of nitrogens with one attached hydrogen (secondary N) is 1. The highest BCUT2D eigenvalue weighted by Crippen LogP contribution is 2.26. The van der Waals surface area contributed by atoms with Crippen LogP contribution in [0.25, 0.3) is 11.4 Å². The SMILES string of the molecule is NC/C(=C\F)COc1ccc(-c2n[nH]c(C3CCOCC3)n2)cc1. The van der Waals surface area contributed by atoms with Crippen molar-refractivity contribution in [3.8, 4) is 17.1 Å². The van der Waals surface area contributed by atoms with Crippen molar-refractivity contribution in [2.75, 3.05) is 26.4 Å². The molecular weight excluding hydrogens is 311 g/mol. The third-order valence-electron chi connectivity index (χ3n) is 4.06. The molecule has 1 aliphatic rings. The number of benzene rings is 1. The van der Waals surface area contributed by atoms with Crippen LogP contribution >= 0.6 is 0 Å². The van der Waals surface area contributed by atoms with Crippen molar-refractivity contribution in [3.05, 3.63) is 42.0 Å². The minimum Gasteiger partial charge on any atom is -0.489 e. The van der Waals surface area contributed by atoms with Crippen LogP contribution in [0.4, 0.5) is 4.39 Å². The number of aromatic nitrogens is 3. The molecule has 7 heteroatoms. The third kappa shape index (κ3) is 3.98. The molecule has 1 aromatic heterocycles. The summed E-state index contributed by atoms with van der Waals surface area (Å²) in [5.74, 6) is 2.60. The predicted octanol–water partition coefficient (Wildman–Crippen LogP) is 2.56. The largest absolute Gasteiger partial charge is 0.489 e. The van der Waals surface area contributed by atoms with Crippen LogP contribution in [-0.4, -0.2) is 41.5 Å². The average molecular weight is 332 g/mol. The summed E-state index contributed by atoms with van der Waals surface area (Å²) < 4.78 is 23.3. The lowest BCUT2D eigenvalue weighted by Gasteiger charge is -2.19. The number of nitrogens with zero attached hydrogens (tertiary/aromatic N) is 2. The van der Waals surface area contributed by atoms with Gasteiger partial charge in [0.05, 0.1) is 6.33 Å². The van der Waals surface area contributed by atoms with Crippen molar-refractivity contribution in [1.82, 2.24) is 15.2 Å². The van der Waals surface area contributed by atoms with E-state index in [1.807, 2.05) is 24.3 Å². The lowest BCUT2D eigenvalue weighted by molar-refractivity contribution is 0.0836. The molecule has 1 aromatic carbocycles. The highest BCUT2D eigenvalue weighted by atomic mass is 19.1. The Bertz CT molecular complexity index is 678. The van der Waals surface area contributed by atoms with Crippen LogP contribution in [-0.2, 0) is 4.74 Å². The van der Waals surface area contributed by atoms with Gasteiger partial charge in [-0.25, -0.2) is 9.37 Å². The van der Waals surface area contributed by atoms with Crippen LogP contribution in [0.15, 0.2) is 36.2 Å². The molecule has 0 saturated carbocycles. The average Bonchev–Trinajstić information content (AvgIpc) is 3.14. The fraction of sp³-hybridized carbons (Fsp3) is 0.412. The molecule has 1 saturated heterocycles. The number of H-pyrrole nitrogens is 1. The third-order valence-corrected chi connectivity index (χ3v) is 4.06. The topological polar surface area (TPSA) is 86.0 Å². The van der Waals surface area contributed by atoms with Crippen LogP contribution in [0.5, 0.6) is 5.75 Å². The minimum absolute atomic E-state index is 0.140. The van der Waals surface area contributed by atoms with Gasteiger partial charge < -0.3 is 15.2 Å². The first-order valence-electron chi connectivity index (χ1n) is 8.01. The van der Waals surface area contributed by atoms with E-state index in [0.717, 1.165) is 37.4 Å². The minimum atomic E-state index is 0.140. The second-order valence-corrected chi connectivity index (χ2v) is 5.72. The number of hydrogen-bond donors (Lipinski definition) is 2. The first kappa shape index (κ1) is 16.6. The fourth-order valence-corrected chi connectivity index (χ4v) is 2.57. The van der Waals surface area contributed by atoms with Crippen LogP contribution in [0, 0.1) is 0 Å². The summed E-state index contributed by atoms with van der Waals surface area (Å²) in [6.45, 7) is 1.82. The molecule has 0 amide bonds. The van der Waals surface area contributed by atoms with Crippen LogP contribution in [0.1, 0.15) is 24.6 Å². The smallest absolute Gasteiger partial charge is 0.181 e. The van der Waals surface area contributed by atoms with Crippen LogP contribution < -0.4 is 10.5 Å². The molecule has 1 aliphatic heterocycles. The van der Waals surface area contributed by atoms with Crippen molar-refractivity contribution >= 4 is 0 Å². The maximum atomic E-state index is 12.5. The van der Waals surface area contributed by atoms with Gasteiger partial charge in [-0.3, -0.25) is 5.10 Å². The number of hydrogen-bond acceptors (Lipinski definition) is 5. The second-order valence-electron chi connectivity index (χ2n) is 5.72. The van der Waals surface area contributed by atoms with Crippen molar-refractivity contribution in [2.24, 2.45) is 5.73 Å². The van der Waals surface area contributed by atoms with Gasteiger partial charge in [-0.05, 0) is 37.1 Å². The van der Waals surface area contributed by atoms with Crippen LogP contribution in [0.3, 0.4) is 0 Å². The van der Waals surface area contributed by atoms with Crippen LogP contribution in [0.2, 0.25) is 0 Å². The Morgan fingerprint density at radius 3 is 2.75 bits per heavy atom. The molecule has 1 fully saturated rings. The number of aromatic amines is 1. The zero-order chi connectivity index (χ0) is 16.8. The second kappa shape index (κ2) is 8.03. The van der Waals surface area contributed by atoms with Gasteiger partial charge in [0, 0.05) is 36.8 Å². The Labute approximate surface area is 139 Å². The van der Waals surface area contributed by atoms with E-state index in [1.165, 1.54) is 0 Å². The molecule has 24 heavy (non-hydrogen) atoms. The Morgan fingerprint density at radius 1 is 1.33 bits per heavy atom. The van der Waals surface area contributed by atoms with E-state index in [0.29, 0.717) is 29.4 Å². The van der Waals surface area contributed by atoms with Gasteiger partial charge in [0.2, 0.25) is 0 Å². The molecule has 3 rings (SSSR count). The molecule has 0 unspecified atom stereocenters. The van der Waals surface area contributed by atoms with E-state index in [-0.39, 0.29) is 13.2 Å². The van der Waals surface area contributed by atoms with Crippen molar-refractivity contribution in [3.63, 3.8) is 0 Å². The summed E-state index contributed by atoms with van der Waals surface area (Å²) in [6, 6.07) is 7.39. The molecule has 0 bridgehead atoms. The number of ether oxygens (including phenoxy) is 2. The van der Waals surface area contributed by atoms with E-state index in [9.17, 15) is 4.39 Å². The molecule has 2 heterocycles. The van der Waals surface area contributed by atoms with E-state index in [1.54, 1.807) is 0 Å². The Kier molecular flexibility index (Phi) is 5.55. The zero-order valence-electron chi connectivity index (χ0n) is 13.4. The standard InChI is InChI=1S/C17H21FN4O2/c18-9-12(10-19)11-24-15-3-1-13(2-4-15)16-20-17(22-21-16)14-5-7-23-8-6-14/h1-4,9,14H,5-8,10-11,19H2,(H,20,21,22)/b12-9+. The summed E-state index contributed by atoms with van der Waals surface area (Å²) in [6.07, 6.45) is 2.42. The zero-order valence-corrected chi connectivity index (χ0v) is 13.4. The summed E-state index contributed by atoms with van der Waals surface area (Å²) in [7, 11) is 0. The fourth-order valence-electron chi connectivity index (χ4n) is 2.57. The monoisotopic (exact) mass is 332 g/mol. The van der Waals surface area contributed by atoms with E-state index < -0.39 is 0 Å². The molecular formula is C17H21FN4O2.